The fraction of sp³-hybridized carbons (Fsp3) is 0.550. The first kappa shape index (κ1) is 20.1. The lowest BCUT2D eigenvalue weighted by molar-refractivity contribution is -0.123. The molecule has 1 aromatic heterocycles. The van der Waals surface area contributed by atoms with Crippen molar-refractivity contribution in [3.05, 3.63) is 28.8 Å². The van der Waals surface area contributed by atoms with Gasteiger partial charge in [-0.15, -0.1) is 0 Å². The zero-order valence-electron chi connectivity index (χ0n) is 16.5. The normalized spacial score (nSPS) is 15.5. The molecule has 1 saturated carbocycles. The Morgan fingerprint density at radius 2 is 1.93 bits per heavy atom. The lowest BCUT2D eigenvalue weighted by Crippen LogP contribution is -2.51. The predicted octanol–water partition coefficient (Wildman–Crippen LogP) is 1.58. The number of nitrogens with one attached hydrogen (secondary N) is 1. The average molecular weight is 388 g/mol. The first-order valence-electron chi connectivity index (χ1n) is 9.64. The fourth-order valence-corrected chi connectivity index (χ4v) is 3.84. The second kappa shape index (κ2) is 8.60. The van der Waals surface area contributed by atoms with E-state index in [1.54, 1.807) is 12.1 Å². The van der Waals surface area contributed by atoms with Gasteiger partial charge in [-0.2, -0.15) is 0 Å². The van der Waals surface area contributed by atoms with E-state index in [0.29, 0.717) is 48.3 Å². The summed E-state index contributed by atoms with van der Waals surface area (Å²) in [4.78, 5) is 29.4. The Bertz CT molecular complexity index is 903. The second-order valence-corrected chi connectivity index (χ2v) is 7.31. The van der Waals surface area contributed by atoms with E-state index in [-0.39, 0.29) is 17.0 Å². The summed E-state index contributed by atoms with van der Waals surface area (Å²) in [6, 6.07) is 3.32. The maximum absolute atomic E-state index is 12.8. The number of nitrogens with two attached hydrogens (primary N) is 1. The van der Waals surface area contributed by atoms with E-state index < -0.39 is 0 Å². The maximum Gasteiger partial charge on any atom is 0.261 e. The molecule has 8 nitrogen and oxygen atoms in total. The van der Waals surface area contributed by atoms with Crippen molar-refractivity contribution in [2.45, 2.75) is 50.6 Å². The molecule has 28 heavy (non-hydrogen) atoms. The van der Waals surface area contributed by atoms with Gasteiger partial charge in [-0.3, -0.25) is 14.2 Å². The zero-order chi connectivity index (χ0) is 20.1. The molecule has 0 unspecified atom stereocenters. The summed E-state index contributed by atoms with van der Waals surface area (Å²) in [7, 11) is 3.06. The van der Waals surface area contributed by atoms with Crippen molar-refractivity contribution in [2.24, 2.45) is 5.73 Å². The molecule has 0 saturated heterocycles. The van der Waals surface area contributed by atoms with Gasteiger partial charge < -0.3 is 20.5 Å². The van der Waals surface area contributed by atoms with Crippen LogP contribution in [0.25, 0.3) is 10.9 Å². The van der Waals surface area contributed by atoms with E-state index >= 15 is 0 Å². The lowest BCUT2D eigenvalue weighted by atomic mass is 9.97. The van der Waals surface area contributed by atoms with E-state index in [0.717, 1.165) is 25.7 Å². The number of aryl methyl sites for hydroxylation is 1. The summed E-state index contributed by atoms with van der Waals surface area (Å²) >= 11 is 0. The van der Waals surface area contributed by atoms with Crippen molar-refractivity contribution in [3.8, 4) is 11.5 Å². The number of rotatable bonds is 8. The molecular weight excluding hydrogens is 360 g/mol. The van der Waals surface area contributed by atoms with E-state index in [1.165, 1.54) is 25.1 Å². The van der Waals surface area contributed by atoms with E-state index in [4.69, 9.17) is 15.2 Å². The number of nitrogens with zero attached hydrogens (tertiary/aromatic N) is 2. The molecule has 0 radical (unpaired) electrons. The number of ether oxygens (including phenoxy) is 2. The van der Waals surface area contributed by atoms with Crippen LogP contribution < -0.4 is 26.1 Å². The van der Waals surface area contributed by atoms with Gasteiger partial charge in [0.2, 0.25) is 5.91 Å². The number of hydrogen-bond donors (Lipinski definition) is 2. The third kappa shape index (κ3) is 4.11. The molecule has 0 bridgehead atoms. The SMILES string of the molecule is COc1cc2ncn(CCCC(=O)NC3(CN)CCCC3)c(=O)c2cc1OC. The Labute approximate surface area is 164 Å². The van der Waals surface area contributed by atoms with Crippen LogP contribution in [0.15, 0.2) is 23.3 Å². The van der Waals surface area contributed by atoms with Crippen LogP contribution in [0.4, 0.5) is 0 Å². The number of hydrogen-bond acceptors (Lipinski definition) is 6. The molecule has 3 N–H and O–H groups in total. The van der Waals surface area contributed by atoms with Crippen LogP contribution >= 0.6 is 0 Å². The number of aromatic nitrogens is 2. The standard InChI is InChI=1S/C20H28N4O4/c1-27-16-10-14-15(11-17(16)28-2)22-13-24(19(14)26)9-5-6-18(25)23-20(12-21)7-3-4-8-20/h10-11,13H,3-9,12,21H2,1-2H3,(H,23,25). The maximum atomic E-state index is 12.8. The molecule has 8 heteroatoms. The van der Waals surface area contributed by atoms with Crippen LogP contribution in [-0.4, -0.2) is 41.8 Å². The minimum atomic E-state index is -0.242. The van der Waals surface area contributed by atoms with Gasteiger partial charge in [0.15, 0.2) is 11.5 Å². The van der Waals surface area contributed by atoms with Gasteiger partial charge in [0.1, 0.15) is 0 Å². The number of amides is 1. The van der Waals surface area contributed by atoms with Crippen molar-refractivity contribution in [2.75, 3.05) is 20.8 Å². The molecule has 1 aromatic carbocycles. The Morgan fingerprint density at radius 3 is 2.57 bits per heavy atom. The van der Waals surface area contributed by atoms with Gasteiger partial charge in [0.25, 0.3) is 5.56 Å². The molecule has 1 aliphatic carbocycles. The monoisotopic (exact) mass is 388 g/mol. The molecule has 0 aliphatic heterocycles. The Kier molecular flexibility index (Phi) is 6.18. The van der Waals surface area contributed by atoms with Gasteiger partial charge in [-0.1, -0.05) is 12.8 Å². The van der Waals surface area contributed by atoms with Crippen molar-refractivity contribution >= 4 is 16.8 Å². The summed E-state index contributed by atoms with van der Waals surface area (Å²) in [5, 5.41) is 3.56. The zero-order valence-corrected chi connectivity index (χ0v) is 16.5. The lowest BCUT2D eigenvalue weighted by Gasteiger charge is -2.28. The largest absolute Gasteiger partial charge is 0.493 e. The number of carbonyl (C=O) groups is 1. The summed E-state index contributed by atoms with van der Waals surface area (Å²) < 4.78 is 12.0. The molecule has 152 valence electrons. The molecule has 0 spiro atoms. The third-order valence-corrected chi connectivity index (χ3v) is 5.49. The molecule has 1 fully saturated rings. The van der Waals surface area contributed by atoms with Crippen molar-refractivity contribution in [1.29, 1.82) is 0 Å². The highest BCUT2D eigenvalue weighted by atomic mass is 16.5. The van der Waals surface area contributed by atoms with Gasteiger partial charge in [-0.05, 0) is 25.3 Å². The summed E-state index contributed by atoms with van der Waals surface area (Å²) in [5.74, 6) is 0.993. The first-order valence-corrected chi connectivity index (χ1v) is 9.64. The fourth-order valence-electron chi connectivity index (χ4n) is 3.84. The third-order valence-electron chi connectivity index (χ3n) is 5.49. The molecular formula is C20H28N4O4. The van der Waals surface area contributed by atoms with Gasteiger partial charge in [0.05, 0.1) is 37.0 Å². The molecule has 3 rings (SSSR count). The molecule has 1 aliphatic rings. The molecule has 0 atom stereocenters. The highest BCUT2D eigenvalue weighted by Crippen LogP contribution is 2.30. The highest BCUT2D eigenvalue weighted by Gasteiger charge is 2.33. The summed E-state index contributed by atoms with van der Waals surface area (Å²) in [6.45, 7) is 0.886. The predicted molar refractivity (Wildman–Crippen MR) is 107 cm³/mol. The first-order chi connectivity index (χ1) is 13.5. The Hall–Kier alpha value is -2.61. The Morgan fingerprint density at radius 1 is 1.25 bits per heavy atom. The minimum Gasteiger partial charge on any atom is -0.493 e. The summed E-state index contributed by atoms with van der Waals surface area (Å²) in [6.07, 6.45) is 6.48. The summed E-state index contributed by atoms with van der Waals surface area (Å²) in [5.41, 5.74) is 6.00. The van der Waals surface area contributed by atoms with E-state index in [9.17, 15) is 9.59 Å². The van der Waals surface area contributed by atoms with Crippen LogP contribution in [0.3, 0.4) is 0 Å². The van der Waals surface area contributed by atoms with Crippen molar-refractivity contribution < 1.29 is 14.3 Å². The smallest absolute Gasteiger partial charge is 0.261 e. The van der Waals surface area contributed by atoms with Crippen LogP contribution in [0.5, 0.6) is 11.5 Å². The topological polar surface area (TPSA) is 108 Å². The molecule has 1 amide bonds. The second-order valence-electron chi connectivity index (χ2n) is 7.31. The molecule has 2 aromatic rings. The van der Waals surface area contributed by atoms with Crippen LogP contribution in [-0.2, 0) is 11.3 Å². The number of carbonyl (C=O) groups excluding carboxylic acids is 1. The van der Waals surface area contributed by atoms with E-state index in [2.05, 4.69) is 10.3 Å². The van der Waals surface area contributed by atoms with Crippen molar-refractivity contribution in [1.82, 2.24) is 14.9 Å². The van der Waals surface area contributed by atoms with E-state index in [1.807, 2.05) is 0 Å². The van der Waals surface area contributed by atoms with Gasteiger partial charge in [-0.25, -0.2) is 4.98 Å². The average Bonchev–Trinajstić information content (AvgIpc) is 3.17. The minimum absolute atomic E-state index is 0.0134. The molecule has 1 heterocycles. The van der Waals surface area contributed by atoms with Crippen LogP contribution in [0.2, 0.25) is 0 Å². The van der Waals surface area contributed by atoms with Crippen molar-refractivity contribution in [3.63, 3.8) is 0 Å². The quantitative estimate of drug-likeness (QED) is 0.711. The van der Waals surface area contributed by atoms with Gasteiger partial charge in [0, 0.05) is 25.6 Å². The highest BCUT2D eigenvalue weighted by molar-refractivity contribution is 5.81. The number of methoxy groups -OCH3 is 2. The number of benzene rings is 1. The Balaban J connectivity index is 1.66. The van der Waals surface area contributed by atoms with Gasteiger partial charge >= 0.3 is 0 Å². The van der Waals surface area contributed by atoms with Crippen LogP contribution in [0, 0.1) is 0 Å². The van der Waals surface area contributed by atoms with Crippen LogP contribution in [0.1, 0.15) is 38.5 Å². The number of fused-ring (bicyclic) bond motifs is 1.